The van der Waals surface area contributed by atoms with Crippen molar-refractivity contribution in [3.63, 3.8) is 0 Å². The van der Waals surface area contributed by atoms with Crippen molar-refractivity contribution in [2.45, 2.75) is 70.4 Å². The number of fused-ring (bicyclic) bond motifs is 1. The first-order valence-electron chi connectivity index (χ1n) is 11.1. The van der Waals surface area contributed by atoms with E-state index in [1.54, 1.807) is 6.07 Å². The van der Waals surface area contributed by atoms with Gasteiger partial charge in [-0.3, -0.25) is 10.1 Å². The normalized spacial score (nSPS) is 13.8. The lowest BCUT2D eigenvalue weighted by molar-refractivity contribution is -0.383. The van der Waals surface area contributed by atoms with Crippen LogP contribution in [0, 0.1) is 10.1 Å². The van der Waals surface area contributed by atoms with Gasteiger partial charge in [0.15, 0.2) is 5.52 Å². The van der Waals surface area contributed by atoms with Gasteiger partial charge in [-0.05, 0) is 56.7 Å². The number of nitro groups is 1. The maximum Gasteiger partial charge on any atom is 0.300 e. The number of hydrogen-bond donors (Lipinski definition) is 2. The smallest absolute Gasteiger partial charge is 0.300 e. The van der Waals surface area contributed by atoms with E-state index in [4.69, 9.17) is 0 Å². The van der Waals surface area contributed by atoms with E-state index in [0.29, 0.717) is 11.2 Å². The Bertz CT molecular complexity index is 836. The van der Waals surface area contributed by atoms with Gasteiger partial charge >= 0.3 is 5.69 Å². The molecule has 9 heteroatoms. The molecule has 2 N–H and O–H groups in total. The maximum atomic E-state index is 11.0. The average Bonchev–Trinajstić information content (AvgIpc) is 3.23. The molecule has 0 unspecified atom stereocenters. The van der Waals surface area contributed by atoms with Crippen LogP contribution in [0.25, 0.3) is 11.0 Å². The summed E-state index contributed by atoms with van der Waals surface area (Å²) >= 11 is 0. The zero-order chi connectivity index (χ0) is 22.6. The summed E-state index contributed by atoms with van der Waals surface area (Å²) in [6, 6.07) is 3.21. The second kappa shape index (κ2) is 13.0. The Hall–Kier alpha value is -2.52. The summed E-state index contributed by atoms with van der Waals surface area (Å²) in [6.07, 6.45) is 12.8. The average molecular weight is 434 g/mol. The first kappa shape index (κ1) is 24.7. The van der Waals surface area contributed by atoms with Crippen LogP contribution in [0.3, 0.4) is 0 Å². The molecule has 2 aromatic rings. The Morgan fingerprint density at radius 1 is 1.13 bits per heavy atom. The number of aliphatic hydroxyl groups excluding tert-OH is 1. The molecule has 1 aromatic heterocycles. The number of unbranched alkanes of at least 4 members (excludes halogenated alkanes) is 7. The number of aliphatic hydroxyl groups is 1. The van der Waals surface area contributed by atoms with Gasteiger partial charge in [0.2, 0.25) is 5.52 Å². The quantitative estimate of drug-likeness (QED) is 0.182. The SMILES string of the molecule is C[C@@H]([C@H](O)/C=C/CCCCCCCCCNc1ccc([N+](=O)[O-])c2nonc12)N(C)C. The minimum atomic E-state index is -0.485. The fourth-order valence-electron chi connectivity index (χ4n) is 3.34. The molecule has 9 nitrogen and oxygen atoms in total. The lowest BCUT2D eigenvalue weighted by Crippen LogP contribution is -2.35. The first-order valence-corrected chi connectivity index (χ1v) is 11.1. The van der Waals surface area contributed by atoms with E-state index in [9.17, 15) is 15.2 Å². The Balaban J connectivity index is 1.52. The molecule has 0 radical (unpaired) electrons. The Morgan fingerprint density at radius 3 is 2.45 bits per heavy atom. The highest BCUT2D eigenvalue weighted by molar-refractivity contribution is 5.93. The number of rotatable bonds is 15. The van der Waals surface area contributed by atoms with Gasteiger partial charge in [0.25, 0.3) is 0 Å². The molecule has 2 rings (SSSR count). The topological polar surface area (TPSA) is 118 Å². The predicted molar refractivity (Wildman–Crippen MR) is 122 cm³/mol. The van der Waals surface area contributed by atoms with Crippen molar-refractivity contribution in [2.24, 2.45) is 0 Å². The molecular weight excluding hydrogens is 398 g/mol. The van der Waals surface area contributed by atoms with Crippen LogP contribution in [0.4, 0.5) is 11.4 Å². The molecular formula is C22H35N5O4. The van der Waals surface area contributed by atoms with Crippen LogP contribution in [0.15, 0.2) is 28.9 Å². The Labute approximate surface area is 183 Å². The van der Waals surface area contributed by atoms with E-state index in [0.717, 1.165) is 32.2 Å². The predicted octanol–water partition coefficient (Wildman–Crippen LogP) is 4.53. The number of benzene rings is 1. The molecule has 2 atom stereocenters. The number of nitrogens with one attached hydrogen (secondary N) is 1. The number of anilines is 1. The highest BCUT2D eigenvalue weighted by Crippen LogP contribution is 2.28. The lowest BCUT2D eigenvalue weighted by atomic mass is 10.1. The molecule has 0 spiro atoms. The van der Waals surface area contributed by atoms with E-state index in [1.807, 2.05) is 32.0 Å². The van der Waals surface area contributed by atoms with Gasteiger partial charge in [-0.1, -0.05) is 44.3 Å². The molecule has 1 aromatic carbocycles. The van der Waals surface area contributed by atoms with Gasteiger partial charge in [0.05, 0.1) is 16.7 Å². The molecule has 0 bridgehead atoms. The van der Waals surface area contributed by atoms with Crippen LogP contribution in [-0.2, 0) is 0 Å². The standard InChI is InChI=1S/C22H35N5O4/c1-17(26(2)3)20(28)13-11-9-7-5-4-6-8-10-12-16-23-18-14-15-19(27(29)30)22-21(18)24-31-25-22/h11,13-15,17,20,23,28H,4-10,12,16H2,1-3H3/b13-11+/t17-,20+/m0/s1. The number of aromatic nitrogens is 2. The molecule has 0 aliphatic heterocycles. The van der Waals surface area contributed by atoms with Crippen LogP contribution in [0.5, 0.6) is 0 Å². The molecule has 172 valence electrons. The number of likely N-dealkylation sites (N-methyl/N-ethyl adjacent to an activating group) is 1. The fourth-order valence-corrected chi connectivity index (χ4v) is 3.34. The molecule has 0 saturated heterocycles. The third-order valence-electron chi connectivity index (χ3n) is 5.60. The van der Waals surface area contributed by atoms with Crippen LogP contribution in [0.2, 0.25) is 0 Å². The number of hydrogen-bond acceptors (Lipinski definition) is 8. The van der Waals surface area contributed by atoms with E-state index < -0.39 is 11.0 Å². The van der Waals surface area contributed by atoms with Crippen LogP contribution in [0.1, 0.15) is 58.3 Å². The summed E-state index contributed by atoms with van der Waals surface area (Å²) in [4.78, 5) is 12.5. The van der Waals surface area contributed by atoms with Crippen LogP contribution >= 0.6 is 0 Å². The van der Waals surface area contributed by atoms with Gasteiger partial charge in [0, 0.05) is 18.7 Å². The molecule has 31 heavy (non-hydrogen) atoms. The van der Waals surface area contributed by atoms with Gasteiger partial charge in [-0.2, -0.15) is 0 Å². The monoisotopic (exact) mass is 433 g/mol. The van der Waals surface area contributed by atoms with E-state index >= 15 is 0 Å². The van der Waals surface area contributed by atoms with Gasteiger partial charge in [0.1, 0.15) is 0 Å². The second-order valence-corrected chi connectivity index (χ2v) is 8.16. The molecule has 0 amide bonds. The van der Waals surface area contributed by atoms with E-state index in [1.165, 1.54) is 31.7 Å². The van der Waals surface area contributed by atoms with Gasteiger partial charge < -0.3 is 15.3 Å². The van der Waals surface area contributed by atoms with Crippen molar-refractivity contribution in [3.05, 3.63) is 34.4 Å². The summed E-state index contributed by atoms with van der Waals surface area (Å²) < 4.78 is 4.67. The largest absolute Gasteiger partial charge is 0.387 e. The van der Waals surface area contributed by atoms with E-state index in [2.05, 4.69) is 26.3 Å². The van der Waals surface area contributed by atoms with Crippen molar-refractivity contribution in [3.8, 4) is 0 Å². The van der Waals surface area contributed by atoms with Crippen molar-refractivity contribution in [1.29, 1.82) is 0 Å². The zero-order valence-electron chi connectivity index (χ0n) is 18.8. The summed E-state index contributed by atoms with van der Waals surface area (Å²) in [5.74, 6) is 0. The number of allylic oxidation sites excluding steroid dienone is 1. The third kappa shape index (κ3) is 7.91. The molecule has 0 saturated carbocycles. The van der Waals surface area contributed by atoms with Crippen LogP contribution in [-0.4, -0.2) is 58.0 Å². The summed E-state index contributed by atoms with van der Waals surface area (Å²) in [5, 5.41) is 31.7. The van der Waals surface area contributed by atoms with E-state index in [-0.39, 0.29) is 17.2 Å². The minimum absolute atomic E-state index is 0.100. The number of nitrogens with zero attached hydrogens (tertiary/aromatic N) is 4. The van der Waals surface area contributed by atoms with Crippen molar-refractivity contribution in [1.82, 2.24) is 15.2 Å². The maximum absolute atomic E-state index is 11.0. The third-order valence-corrected chi connectivity index (χ3v) is 5.60. The fraction of sp³-hybridized carbons (Fsp3) is 0.636. The lowest BCUT2D eigenvalue weighted by Gasteiger charge is -2.22. The van der Waals surface area contributed by atoms with Crippen molar-refractivity contribution < 1.29 is 14.7 Å². The number of nitro benzene ring substituents is 1. The molecule has 1 heterocycles. The van der Waals surface area contributed by atoms with Crippen molar-refractivity contribution in [2.75, 3.05) is 26.0 Å². The highest BCUT2D eigenvalue weighted by atomic mass is 16.6. The highest BCUT2D eigenvalue weighted by Gasteiger charge is 2.19. The van der Waals surface area contributed by atoms with Gasteiger partial charge in [-0.15, -0.1) is 0 Å². The Morgan fingerprint density at radius 2 is 1.77 bits per heavy atom. The summed E-state index contributed by atoms with van der Waals surface area (Å²) in [5.41, 5.74) is 1.18. The van der Waals surface area contributed by atoms with Crippen LogP contribution < -0.4 is 5.32 Å². The zero-order valence-corrected chi connectivity index (χ0v) is 18.8. The first-order chi connectivity index (χ1) is 14.9. The minimum Gasteiger partial charge on any atom is -0.387 e. The molecule has 0 aliphatic rings. The number of non-ortho nitro benzene ring substituents is 1. The van der Waals surface area contributed by atoms with Crippen molar-refractivity contribution >= 4 is 22.4 Å². The summed E-state index contributed by atoms with van der Waals surface area (Å²) in [7, 11) is 3.95. The molecule has 0 fully saturated rings. The molecule has 0 aliphatic carbocycles. The Kier molecular flexibility index (Phi) is 10.4. The van der Waals surface area contributed by atoms with Gasteiger partial charge in [-0.25, -0.2) is 4.63 Å². The summed E-state index contributed by atoms with van der Waals surface area (Å²) in [6.45, 7) is 2.79. The second-order valence-electron chi connectivity index (χ2n) is 8.16.